The van der Waals surface area contributed by atoms with Crippen LogP contribution < -0.4 is 10.2 Å². The number of hydrogen-bond acceptors (Lipinski definition) is 2. The van der Waals surface area contributed by atoms with Crippen LogP contribution in [0.2, 0.25) is 16.6 Å². The number of amides is 1. The Hall–Kier alpha value is -1.29. The molecule has 0 spiro atoms. The van der Waals surface area contributed by atoms with Crippen molar-refractivity contribution in [3.05, 3.63) is 29.8 Å². The largest absolute Gasteiger partial charge is 0.543 e. The van der Waals surface area contributed by atoms with Gasteiger partial charge < -0.3 is 10.2 Å². The number of benzene rings is 1. The molecule has 1 aromatic rings. The summed E-state index contributed by atoms with van der Waals surface area (Å²) < 4.78 is 6.51. The maximum atomic E-state index is 11.1. The van der Waals surface area contributed by atoms with Crippen LogP contribution >= 0.6 is 0 Å². The molecule has 0 aliphatic carbocycles. The SMILES string of the molecule is CC(C)[Si](Oc1ccc(C(N)=O)cc1)(C(C)C)C(C)C. The Morgan fingerprint density at radius 3 is 1.65 bits per heavy atom. The summed E-state index contributed by atoms with van der Waals surface area (Å²) in [5.41, 5.74) is 7.36. The molecule has 20 heavy (non-hydrogen) atoms. The molecule has 0 aliphatic rings. The van der Waals surface area contributed by atoms with E-state index in [-0.39, 0.29) is 0 Å². The van der Waals surface area contributed by atoms with Crippen molar-refractivity contribution in [2.75, 3.05) is 0 Å². The predicted molar refractivity (Wildman–Crippen MR) is 86.6 cm³/mol. The Kier molecular flexibility index (Phi) is 5.40. The minimum atomic E-state index is -1.93. The lowest BCUT2D eigenvalue weighted by atomic mass is 10.2. The summed E-state index contributed by atoms with van der Waals surface area (Å²) in [6.45, 7) is 13.5. The van der Waals surface area contributed by atoms with Crippen molar-refractivity contribution >= 4 is 14.2 Å². The van der Waals surface area contributed by atoms with E-state index >= 15 is 0 Å². The number of rotatable bonds is 6. The molecule has 0 bridgehead atoms. The molecule has 4 heteroatoms. The van der Waals surface area contributed by atoms with E-state index in [1.807, 2.05) is 12.1 Å². The standard InChI is InChI=1S/C16H27NO2Si/c1-11(2)20(12(3)4,13(5)6)19-15-9-7-14(8-10-15)16(17)18/h7-13H,1-6H3,(H2,17,18). The molecule has 0 saturated heterocycles. The third-order valence-corrected chi connectivity index (χ3v) is 10.1. The van der Waals surface area contributed by atoms with E-state index in [0.717, 1.165) is 5.75 Å². The average Bonchev–Trinajstić information content (AvgIpc) is 2.35. The van der Waals surface area contributed by atoms with Gasteiger partial charge in [-0.1, -0.05) is 41.5 Å². The number of carbonyl (C=O) groups excluding carboxylic acids is 1. The molecule has 0 saturated carbocycles. The molecule has 3 nitrogen and oxygen atoms in total. The van der Waals surface area contributed by atoms with Gasteiger partial charge in [0.2, 0.25) is 5.91 Å². The molecule has 1 aromatic carbocycles. The number of carbonyl (C=O) groups is 1. The van der Waals surface area contributed by atoms with Crippen LogP contribution in [0.15, 0.2) is 24.3 Å². The Bertz CT molecular complexity index is 430. The average molecular weight is 293 g/mol. The van der Waals surface area contributed by atoms with Crippen molar-refractivity contribution in [2.45, 2.75) is 58.2 Å². The highest BCUT2D eigenvalue weighted by molar-refractivity contribution is 6.78. The smallest absolute Gasteiger partial charge is 0.258 e. The molecule has 0 aromatic heterocycles. The fourth-order valence-electron chi connectivity index (χ4n) is 3.24. The molecule has 0 aliphatic heterocycles. The fourth-order valence-corrected chi connectivity index (χ4v) is 8.50. The van der Waals surface area contributed by atoms with Gasteiger partial charge in [0.25, 0.3) is 8.32 Å². The summed E-state index contributed by atoms with van der Waals surface area (Å²) in [7, 11) is -1.93. The molecule has 0 unspecified atom stereocenters. The topological polar surface area (TPSA) is 52.3 Å². The zero-order chi connectivity index (χ0) is 15.5. The minimum absolute atomic E-state index is 0.406. The van der Waals surface area contributed by atoms with Crippen LogP contribution in [-0.4, -0.2) is 14.2 Å². The molecular formula is C16H27NO2Si. The van der Waals surface area contributed by atoms with Crippen molar-refractivity contribution in [1.82, 2.24) is 0 Å². The van der Waals surface area contributed by atoms with Crippen LogP contribution in [0.25, 0.3) is 0 Å². The third-order valence-electron chi connectivity index (χ3n) is 4.14. The molecule has 0 radical (unpaired) electrons. The van der Waals surface area contributed by atoms with E-state index in [2.05, 4.69) is 41.5 Å². The summed E-state index contributed by atoms with van der Waals surface area (Å²) in [5, 5.41) is 0. The summed E-state index contributed by atoms with van der Waals surface area (Å²) in [4.78, 5) is 11.1. The van der Waals surface area contributed by atoms with Gasteiger partial charge in [-0.05, 0) is 40.9 Å². The van der Waals surface area contributed by atoms with E-state index in [1.165, 1.54) is 0 Å². The van der Waals surface area contributed by atoms with Gasteiger partial charge in [-0.3, -0.25) is 4.79 Å². The Morgan fingerprint density at radius 1 is 0.950 bits per heavy atom. The van der Waals surface area contributed by atoms with Crippen molar-refractivity contribution in [3.63, 3.8) is 0 Å². The first-order valence-corrected chi connectivity index (χ1v) is 9.44. The summed E-state index contributed by atoms with van der Waals surface area (Å²) in [5.74, 6) is 0.439. The fraction of sp³-hybridized carbons (Fsp3) is 0.562. The van der Waals surface area contributed by atoms with Crippen LogP contribution in [-0.2, 0) is 0 Å². The lowest BCUT2D eigenvalue weighted by molar-refractivity contribution is 0.100. The molecule has 1 rings (SSSR count). The van der Waals surface area contributed by atoms with Gasteiger partial charge in [-0.15, -0.1) is 0 Å². The summed E-state index contributed by atoms with van der Waals surface area (Å²) in [6, 6.07) is 7.18. The third kappa shape index (κ3) is 3.23. The van der Waals surface area contributed by atoms with E-state index in [1.54, 1.807) is 12.1 Å². The molecule has 0 heterocycles. The second-order valence-electron chi connectivity index (χ2n) is 6.31. The first-order chi connectivity index (χ1) is 9.21. The second kappa shape index (κ2) is 6.44. The molecule has 0 fully saturated rings. The highest BCUT2D eigenvalue weighted by Crippen LogP contribution is 2.42. The molecule has 2 N–H and O–H groups in total. The van der Waals surface area contributed by atoms with Gasteiger partial charge in [-0.2, -0.15) is 0 Å². The van der Waals surface area contributed by atoms with Crippen molar-refractivity contribution in [2.24, 2.45) is 5.73 Å². The highest BCUT2D eigenvalue weighted by atomic mass is 28.4. The van der Waals surface area contributed by atoms with Crippen LogP contribution in [0.4, 0.5) is 0 Å². The maximum absolute atomic E-state index is 11.1. The summed E-state index contributed by atoms with van der Waals surface area (Å²) in [6.07, 6.45) is 0. The van der Waals surface area contributed by atoms with Crippen molar-refractivity contribution in [3.8, 4) is 5.75 Å². The molecular weight excluding hydrogens is 266 g/mol. The normalized spacial score (nSPS) is 12.2. The predicted octanol–water partition coefficient (Wildman–Crippen LogP) is 4.34. The quantitative estimate of drug-likeness (QED) is 0.793. The van der Waals surface area contributed by atoms with Gasteiger partial charge in [0.1, 0.15) is 5.75 Å². The Morgan fingerprint density at radius 2 is 1.35 bits per heavy atom. The van der Waals surface area contributed by atoms with E-state index in [4.69, 9.17) is 10.2 Å². The number of hydrogen-bond donors (Lipinski definition) is 1. The lowest BCUT2D eigenvalue weighted by Crippen LogP contribution is -2.50. The molecule has 112 valence electrons. The first-order valence-electron chi connectivity index (χ1n) is 7.30. The number of primary amides is 1. The second-order valence-corrected chi connectivity index (χ2v) is 11.7. The Labute approximate surface area is 123 Å². The van der Waals surface area contributed by atoms with E-state index < -0.39 is 14.2 Å². The summed E-state index contributed by atoms with van der Waals surface area (Å²) >= 11 is 0. The zero-order valence-electron chi connectivity index (χ0n) is 13.4. The first kappa shape index (κ1) is 16.8. The molecule has 0 atom stereocenters. The monoisotopic (exact) mass is 293 g/mol. The van der Waals surface area contributed by atoms with Gasteiger partial charge in [-0.25, -0.2) is 0 Å². The van der Waals surface area contributed by atoms with Crippen LogP contribution in [0.3, 0.4) is 0 Å². The Balaban J connectivity index is 3.10. The van der Waals surface area contributed by atoms with Crippen molar-refractivity contribution in [1.29, 1.82) is 0 Å². The van der Waals surface area contributed by atoms with Crippen LogP contribution in [0, 0.1) is 0 Å². The van der Waals surface area contributed by atoms with Gasteiger partial charge in [0, 0.05) is 5.56 Å². The van der Waals surface area contributed by atoms with E-state index in [9.17, 15) is 4.79 Å². The van der Waals surface area contributed by atoms with Gasteiger partial charge >= 0.3 is 0 Å². The van der Waals surface area contributed by atoms with Crippen LogP contribution in [0.5, 0.6) is 5.75 Å². The lowest BCUT2D eigenvalue weighted by Gasteiger charge is -2.42. The van der Waals surface area contributed by atoms with E-state index in [0.29, 0.717) is 22.2 Å². The zero-order valence-corrected chi connectivity index (χ0v) is 14.4. The van der Waals surface area contributed by atoms with Gasteiger partial charge in [0.15, 0.2) is 0 Å². The van der Waals surface area contributed by atoms with Crippen molar-refractivity contribution < 1.29 is 9.22 Å². The maximum Gasteiger partial charge on any atom is 0.258 e. The highest BCUT2D eigenvalue weighted by Gasteiger charge is 2.46. The van der Waals surface area contributed by atoms with Gasteiger partial charge in [0.05, 0.1) is 0 Å². The number of nitrogens with two attached hydrogens (primary N) is 1. The minimum Gasteiger partial charge on any atom is -0.543 e. The molecule has 1 amide bonds. The van der Waals surface area contributed by atoms with Crippen LogP contribution in [0.1, 0.15) is 51.9 Å².